The number of nitrogens with one attached hydrogen (secondary N) is 1. The smallest absolute Gasteiger partial charge is 0.129 e. The quantitative estimate of drug-likeness (QED) is 0.386. The van der Waals surface area contributed by atoms with Gasteiger partial charge in [0.25, 0.3) is 0 Å². The van der Waals surface area contributed by atoms with Gasteiger partial charge in [-0.3, -0.25) is 0 Å². The van der Waals surface area contributed by atoms with Crippen LogP contribution in [0.15, 0.2) is 53.4 Å². The number of nitrogens with two attached hydrogens (primary N) is 1. The van der Waals surface area contributed by atoms with Gasteiger partial charge in [0.05, 0.1) is 17.3 Å². The van der Waals surface area contributed by atoms with Crippen molar-refractivity contribution in [3.8, 4) is 5.75 Å². The lowest BCUT2D eigenvalue weighted by Crippen LogP contribution is -2.25. The third-order valence-corrected chi connectivity index (χ3v) is 8.45. The van der Waals surface area contributed by atoms with Crippen molar-refractivity contribution < 1.29 is 4.74 Å². The fourth-order valence-corrected chi connectivity index (χ4v) is 6.33. The van der Waals surface area contributed by atoms with E-state index in [1.807, 2.05) is 36.0 Å². The van der Waals surface area contributed by atoms with Crippen molar-refractivity contribution in [1.29, 1.82) is 0 Å². The molecule has 180 valence electrons. The summed E-state index contributed by atoms with van der Waals surface area (Å²) < 4.78 is 8.38. The van der Waals surface area contributed by atoms with E-state index in [0.717, 1.165) is 53.7 Å². The van der Waals surface area contributed by atoms with Crippen LogP contribution in [-0.2, 0) is 11.0 Å². The Balaban J connectivity index is 1.35. The Labute approximate surface area is 207 Å². The number of ether oxygens (including phenoxy) is 1. The van der Waals surface area contributed by atoms with Gasteiger partial charge < -0.3 is 15.8 Å². The number of fused-ring (bicyclic) bond motifs is 1. The van der Waals surface area contributed by atoms with Gasteiger partial charge in [-0.25, -0.2) is 4.68 Å². The fourth-order valence-electron chi connectivity index (χ4n) is 5.00. The van der Waals surface area contributed by atoms with Crippen LogP contribution in [0.5, 0.6) is 5.75 Å². The van der Waals surface area contributed by atoms with Crippen LogP contribution in [0, 0.1) is 0 Å². The highest BCUT2D eigenvalue weighted by Crippen LogP contribution is 2.45. The minimum absolute atomic E-state index is 0.120. The van der Waals surface area contributed by atoms with Gasteiger partial charge in [-0.2, -0.15) is 5.10 Å². The molecule has 3 N–H and O–H groups in total. The van der Waals surface area contributed by atoms with E-state index in [1.165, 1.54) is 10.5 Å². The number of anilines is 3. The number of nitrogen functional groups attached to an aromatic ring is 1. The molecule has 2 atom stereocenters. The van der Waals surface area contributed by atoms with Crippen molar-refractivity contribution in [1.82, 2.24) is 9.78 Å². The minimum atomic E-state index is -0.120. The molecule has 3 aromatic rings. The first kappa shape index (κ1) is 23.2. The summed E-state index contributed by atoms with van der Waals surface area (Å²) in [6.07, 6.45) is 3.32. The Morgan fingerprint density at radius 1 is 1.09 bits per heavy atom. The van der Waals surface area contributed by atoms with Gasteiger partial charge in [0.1, 0.15) is 11.6 Å². The molecule has 1 aliphatic heterocycles. The number of hydrogen-bond acceptors (Lipinski definition) is 5. The Hall–Kier alpha value is -2.60. The highest BCUT2D eigenvalue weighted by atomic mass is 32.2. The summed E-state index contributed by atoms with van der Waals surface area (Å²) in [6, 6.07) is 16.7. The number of benzene rings is 2. The minimum Gasteiger partial charge on any atom is -0.490 e. The first-order valence-electron chi connectivity index (χ1n) is 12.3. The zero-order valence-electron chi connectivity index (χ0n) is 20.9. The molecule has 2 unspecified atom stereocenters. The zero-order valence-corrected chi connectivity index (χ0v) is 21.7. The number of nitrogens with zero attached hydrogens (tertiary/aromatic N) is 2. The Bertz CT molecular complexity index is 1180. The van der Waals surface area contributed by atoms with E-state index in [2.05, 4.69) is 68.9 Å². The molecular weight excluding hydrogens is 440 g/mol. The van der Waals surface area contributed by atoms with Crippen molar-refractivity contribution in [3.05, 3.63) is 59.8 Å². The zero-order chi connectivity index (χ0) is 24.1. The normalized spacial score (nSPS) is 21.4. The van der Waals surface area contributed by atoms with E-state index < -0.39 is 0 Å². The molecule has 0 amide bonds. The topological polar surface area (TPSA) is 65.1 Å². The standard InChI is InChI=1S/C28H36N4OS/c1-27(2,3)32-26(30-20-9-13-25-23(15-20)28(4,5)17-34-25)16-24(31-32)18-6-10-22(14-18)33-21-11-7-19(29)8-12-21/h7-9,11-13,15-16,18,22,30H,6,10,14,17,29H2,1-5H3. The molecule has 0 radical (unpaired) electrons. The molecule has 1 aromatic heterocycles. The van der Waals surface area contributed by atoms with Gasteiger partial charge >= 0.3 is 0 Å². The van der Waals surface area contributed by atoms with Crippen LogP contribution >= 0.6 is 11.8 Å². The maximum atomic E-state index is 6.24. The third kappa shape index (κ3) is 4.65. The van der Waals surface area contributed by atoms with E-state index in [0.29, 0.717) is 5.92 Å². The first-order chi connectivity index (χ1) is 16.1. The summed E-state index contributed by atoms with van der Waals surface area (Å²) in [5.41, 5.74) is 10.4. The molecule has 0 bridgehead atoms. The van der Waals surface area contributed by atoms with Crippen LogP contribution in [0.1, 0.15) is 71.1 Å². The van der Waals surface area contributed by atoms with Gasteiger partial charge in [0.2, 0.25) is 0 Å². The third-order valence-electron chi connectivity index (χ3n) is 6.92. The Kier molecular flexibility index (Phi) is 5.83. The average Bonchev–Trinajstić information content (AvgIpc) is 3.48. The monoisotopic (exact) mass is 476 g/mol. The highest BCUT2D eigenvalue weighted by Gasteiger charge is 2.32. The van der Waals surface area contributed by atoms with Crippen molar-refractivity contribution in [2.75, 3.05) is 16.8 Å². The predicted molar refractivity (Wildman–Crippen MR) is 143 cm³/mol. The van der Waals surface area contributed by atoms with Gasteiger partial charge in [0.15, 0.2) is 0 Å². The second-order valence-corrected chi connectivity index (χ2v) is 12.4. The van der Waals surface area contributed by atoms with Crippen molar-refractivity contribution in [2.24, 2.45) is 0 Å². The van der Waals surface area contributed by atoms with Crippen LogP contribution in [-0.4, -0.2) is 21.6 Å². The summed E-state index contributed by atoms with van der Waals surface area (Å²) in [7, 11) is 0. The molecule has 0 saturated heterocycles. The molecular formula is C28H36N4OS. The molecule has 6 heteroatoms. The van der Waals surface area contributed by atoms with Crippen molar-refractivity contribution in [3.63, 3.8) is 0 Å². The van der Waals surface area contributed by atoms with E-state index in [9.17, 15) is 0 Å². The lowest BCUT2D eigenvalue weighted by Gasteiger charge is -2.23. The average molecular weight is 477 g/mol. The SMILES string of the molecule is CC1(C)CSc2ccc(Nc3cc(C4CCC(Oc5ccc(N)cc5)C4)nn3C(C)(C)C)cc21. The van der Waals surface area contributed by atoms with Crippen LogP contribution in [0.3, 0.4) is 0 Å². The summed E-state index contributed by atoms with van der Waals surface area (Å²) in [5.74, 6) is 3.48. The fraction of sp³-hybridized carbons (Fsp3) is 0.464. The van der Waals surface area contributed by atoms with E-state index in [-0.39, 0.29) is 17.1 Å². The number of thioether (sulfide) groups is 1. The van der Waals surface area contributed by atoms with Crippen molar-refractivity contribution in [2.45, 2.75) is 81.8 Å². The van der Waals surface area contributed by atoms with E-state index >= 15 is 0 Å². The molecule has 5 nitrogen and oxygen atoms in total. The summed E-state index contributed by atoms with van der Waals surface area (Å²) in [6.45, 7) is 11.3. The summed E-state index contributed by atoms with van der Waals surface area (Å²) in [5, 5.41) is 8.79. The molecule has 34 heavy (non-hydrogen) atoms. The van der Waals surface area contributed by atoms with Crippen LogP contribution in [0.25, 0.3) is 0 Å². The van der Waals surface area contributed by atoms with Crippen molar-refractivity contribution >= 4 is 29.0 Å². The predicted octanol–water partition coefficient (Wildman–Crippen LogP) is 7.06. The largest absolute Gasteiger partial charge is 0.490 e. The maximum absolute atomic E-state index is 6.24. The van der Waals surface area contributed by atoms with Gasteiger partial charge in [-0.15, -0.1) is 11.8 Å². The number of hydrogen-bond donors (Lipinski definition) is 2. The van der Waals surface area contributed by atoms with Crippen LogP contribution < -0.4 is 15.8 Å². The van der Waals surface area contributed by atoms with Crippen LogP contribution in [0.4, 0.5) is 17.2 Å². The molecule has 5 rings (SSSR count). The van der Waals surface area contributed by atoms with Crippen LogP contribution in [0.2, 0.25) is 0 Å². The van der Waals surface area contributed by atoms with E-state index in [1.54, 1.807) is 0 Å². The Morgan fingerprint density at radius 3 is 2.59 bits per heavy atom. The van der Waals surface area contributed by atoms with Gasteiger partial charge in [-0.05, 0) is 88.1 Å². The van der Waals surface area contributed by atoms with Gasteiger partial charge in [0, 0.05) is 39.4 Å². The summed E-state index contributed by atoms with van der Waals surface area (Å²) >= 11 is 1.96. The second kappa shape index (κ2) is 8.56. The lowest BCUT2D eigenvalue weighted by atomic mass is 9.87. The molecule has 2 heterocycles. The number of aromatic nitrogens is 2. The van der Waals surface area contributed by atoms with E-state index in [4.69, 9.17) is 15.6 Å². The molecule has 1 fully saturated rings. The first-order valence-corrected chi connectivity index (χ1v) is 13.2. The maximum Gasteiger partial charge on any atom is 0.129 e. The molecule has 1 aliphatic carbocycles. The Morgan fingerprint density at radius 2 is 1.85 bits per heavy atom. The lowest BCUT2D eigenvalue weighted by molar-refractivity contribution is 0.208. The molecule has 0 spiro atoms. The highest BCUT2D eigenvalue weighted by molar-refractivity contribution is 7.99. The summed E-state index contributed by atoms with van der Waals surface area (Å²) in [4.78, 5) is 1.40. The molecule has 2 aromatic carbocycles. The number of rotatable bonds is 5. The second-order valence-electron chi connectivity index (χ2n) is 11.4. The van der Waals surface area contributed by atoms with Gasteiger partial charge in [-0.1, -0.05) is 13.8 Å². The molecule has 2 aliphatic rings. The molecule has 1 saturated carbocycles.